The molecule has 0 unspecified atom stereocenters. The molecule has 0 atom stereocenters. The molecule has 2 N–H and O–H groups in total. The number of nitrogens with zero attached hydrogens (tertiary/aromatic N) is 2. The van der Waals surface area contributed by atoms with Gasteiger partial charge in [0.25, 0.3) is 0 Å². The molecule has 1 aromatic heterocycles. The van der Waals surface area contributed by atoms with Crippen molar-refractivity contribution in [3.63, 3.8) is 0 Å². The van der Waals surface area contributed by atoms with E-state index in [1.807, 2.05) is 6.92 Å². The summed E-state index contributed by atoms with van der Waals surface area (Å²) in [5.41, 5.74) is 9.34. The minimum atomic E-state index is 0.511. The summed E-state index contributed by atoms with van der Waals surface area (Å²) in [5.74, 6) is 1.03. The van der Waals surface area contributed by atoms with E-state index in [0.29, 0.717) is 6.54 Å². The van der Waals surface area contributed by atoms with Crippen LogP contribution in [-0.2, 0) is 26.4 Å². The van der Waals surface area contributed by atoms with Crippen LogP contribution in [0.15, 0.2) is 28.7 Å². The van der Waals surface area contributed by atoms with E-state index in [1.165, 1.54) is 11.3 Å². The lowest BCUT2D eigenvalue weighted by Crippen LogP contribution is -2.06. The summed E-state index contributed by atoms with van der Waals surface area (Å²) >= 11 is 3.45. The molecule has 18 heavy (non-hydrogen) atoms. The maximum Gasteiger partial charge on any atom is 0.105 e. The van der Waals surface area contributed by atoms with Crippen molar-refractivity contribution in [2.45, 2.75) is 26.3 Å². The summed E-state index contributed by atoms with van der Waals surface area (Å²) in [5, 5.41) is 0. The predicted molar refractivity (Wildman–Crippen MR) is 77.4 cm³/mol. The Kier molecular flexibility index (Phi) is 4.19. The van der Waals surface area contributed by atoms with Gasteiger partial charge in [-0.15, -0.1) is 0 Å². The molecule has 0 fully saturated rings. The zero-order chi connectivity index (χ0) is 13.1. The monoisotopic (exact) mass is 307 g/mol. The zero-order valence-corrected chi connectivity index (χ0v) is 12.4. The third kappa shape index (κ3) is 2.82. The highest BCUT2D eigenvalue weighted by Crippen LogP contribution is 2.15. The number of hydrogen-bond donors (Lipinski definition) is 1. The minimum Gasteiger partial charge on any atom is -0.335 e. The molecule has 0 spiro atoms. The summed E-state index contributed by atoms with van der Waals surface area (Å²) in [4.78, 5) is 4.49. The van der Waals surface area contributed by atoms with Gasteiger partial charge in [-0.2, -0.15) is 0 Å². The van der Waals surface area contributed by atoms with E-state index in [2.05, 4.69) is 56.8 Å². The quantitative estimate of drug-likeness (QED) is 0.944. The molecular weight excluding hydrogens is 290 g/mol. The van der Waals surface area contributed by atoms with Crippen LogP contribution in [0.2, 0.25) is 0 Å². The molecular formula is C14H18BrN3. The van der Waals surface area contributed by atoms with Gasteiger partial charge in [0.2, 0.25) is 0 Å². The van der Waals surface area contributed by atoms with Gasteiger partial charge in [0.05, 0.1) is 5.69 Å². The number of benzene rings is 1. The van der Waals surface area contributed by atoms with Crippen molar-refractivity contribution in [3.05, 3.63) is 51.5 Å². The SMILES string of the molecule is Cc1nc(CN)c(CCc2ccc(Br)cc2)n1C. The van der Waals surface area contributed by atoms with Crippen LogP contribution in [-0.4, -0.2) is 9.55 Å². The molecule has 0 aliphatic heterocycles. The molecule has 4 heteroatoms. The van der Waals surface area contributed by atoms with E-state index in [0.717, 1.165) is 28.8 Å². The highest BCUT2D eigenvalue weighted by atomic mass is 79.9. The standard InChI is InChI=1S/C14H18BrN3/c1-10-17-13(9-16)14(18(10)2)8-5-11-3-6-12(15)7-4-11/h3-4,6-7H,5,8-9,16H2,1-2H3. The molecule has 0 radical (unpaired) electrons. The molecule has 2 rings (SSSR count). The Bertz CT molecular complexity index is 529. The highest BCUT2D eigenvalue weighted by Gasteiger charge is 2.10. The van der Waals surface area contributed by atoms with Crippen LogP contribution in [0.3, 0.4) is 0 Å². The molecule has 0 aliphatic rings. The first-order valence-corrected chi connectivity index (χ1v) is 6.86. The fourth-order valence-electron chi connectivity index (χ4n) is 2.11. The first-order chi connectivity index (χ1) is 8.61. The Hall–Kier alpha value is -1.13. The van der Waals surface area contributed by atoms with Gasteiger partial charge in [-0.3, -0.25) is 0 Å². The van der Waals surface area contributed by atoms with Gasteiger partial charge in [-0.05, 0) is 37.5 Å². The van der Waals surface area contributed by atoms with Gasteiger partial charge in [0.1, 0.15) is 5.82 Å². The summed E-state index contributed by atoms with van der Waals surface area (Å²) < 4.78 is 3.26. The van der Waals surface area contributed by atoms with Crippen molar-refractivity contribution >= 4 is 15.9 Å². The predicted octanol–water partition coefficient (Wildman–Crippen LogP) is 2.73. The largest absolute Gasteiger partial charge is 0.335 e. The molecule has 2 aromatic rings. The van der Waals surface area contributed by atoms with Crippen LogP contribution in [0.4, 0.5) is 0 Å². The molecule has 1 heterocycles. The number of nitrogens with two attached hydrogens (primary N) is 1. The second kappa shape index (κ2) is 5.67. The van der Waals surface area contributed by atoms with Crippen LogP contribution in [0.5, 0.6) is 0 Å². The van der Waals surface area contributed by atoms with Gasteiger partial charge in [0, 0.05) is 23.8 Å². The lowest BCUT2D eigenvalue weighted by atomic mass is 10.1. The fraction of sp³-hybridized carbons (Fsp3) is 0.357. The number of rotatable bonds is 4. The van der Waals surface area contributed by atoms with E-state index >= 15 is 0 Å². The Balaban J connectivity index is 2.12. The molecule has 1 aromatic carbocycles. The second-order valence-electron chi connectivity index (χ2n) is 4.44. The van der Waals surface area contributed by atoms with Gasteiger partial charge in [-0.1, -0.05) is 28.1 Å². The third-order valence-electron chi connectivity index (χ3n) is 3.28. The van der Waals surface area contributed by atoms with Crippen molar-refractivity contribution in [3.8, 4) is 0 Å². The van der Waals surface area contributed by atoms with Crippen LogP contribution < -0.4 is 5.73 Å². The van der Waals surface area contributed by atoms with Gasteiger partial charge in [0.15, 0.2) is 0 Å². The van der Waals surface area contributed by atoms with E-state index in [-0.39, 0.29) is 0 Å². The van der Waals surface area contributed by atoms with E-state index in [9.17, 15) is 0 Å². The molecule has 3 nitrogen and oxygen atoms in total. The molecule has 0 amide bonds. The zero-order valence-electron chi connectivity index (χ0n) is 10.8. The molecule has 96 valence electrons. The first kappa shape index (κ1) is 13.3. The van der Waals surface area contributed by atoms with Crippen LogP contribution in [0, 0.1) is 6.92 Å². The lowest BCUT2D eigenvalue weighted by molar-refractivity contribution is 0.765. The topological polar surface area (TPSA) is 43.8 Å². The number of aromatic nitrogens is 2. The van der Waals surface area contributed by atoms with Crippen molar-refractivity contribution in [1.29, 1.82) is 0 Å². The first-order valence-electron chi connectivity index (χ1n) is 6.07. The van der Waals surface area contributed by atoms with Crippen molar-refractivity contribution in [2.24, 2.45) is 12.8 Å². The summed E-state index contributed by atoms with van der Waals surface area (Å²) in [6.45, 7) is 2.53. The normalized spacial score (nSPS) is 10.9. The maximum absolute atomic E-state index is 5.74. The Morgan fingerprint density at radius 1 is 1.22 bits per heavy atom. The summed E-state index contributed by atoms with van der Waals surface area (Å²) in [7, 11) is 2.05. The molecule has 0 saturated heterocycles. The minimum absolute atomic E-state index is 0.511. The number of imidazole rings is 1. The van der Waals surface area contributed by atoms with Crippen molar-refractivity contribution < 1.29 is 0 Å². The number of aryl methyl sites for hydroxylation is 2. The highest BCUT2D eigenvalue weighted by molar-refractivity contribution is 9.10. The maximum atomic E-state index is 5.74. The average molecular weight is 308 g/mol. The van der Waals surface area contributed by atoms with Crippen LogP contribution in [0.25, 0.3) is 0 Å². The van der Waals surface area contributed by atoms with E-state index in [1.54, 1.807) is 0 Å². The van der Waals surface area contributed by atoms with Gasteiger partial charge >= 0.3 is 0 Å². The molecule has 0 bridgehead atoms. The Morgan fingerprint density at radius 2 is 1.89 bits per heavy atom. The van der Waals surface area contributed by atoms with Crippen molar-refractivity contribution in [1.82, 2.24) is 9.55 Å². The van der Waals surface area contributed by atoms with E-state index in [4.69, 9.17) is 5.73 Å². The Labute approximate surface area is 116 Å². The summed E-state index contributed by atoms with van der Waals surface area (Å²) in [6.07, 6.45) is 1.99. The van der Waals surface area contributed by atoms with Crippen LogP contribution >= 0.6 is 15.9 Å². The lowest BCUT2D eigenvalue weighted by Gasteiger charge is -2.06. The van der Waals surface area contributed by atoms with Gasteiger partial charge < -0.3 is 10.3 Å². The average Bonchev–Trinajstić information content (AvgIpc) is 2.65. The third-order valence-corrected chi connectivity index (χ3v) is 3.81. The van der Waals surface area contributed by atoms with Gasteiger partial charge in [-0.25, -0.2) is 4.98 Å². The fourth-order valence-corrected chi connectivity index (χ4v) is 2.38. The van der Waals surface area contributed by atoms with E-state index < -0.39 is 0 Å². The van der Waals surface area contributed by atoms with Crippen molar-refractivity contribution in [2.75, 3.05) is 0 Å². The number of halogens is 1. The second-order valence-corrected chi connectivity index (χ2v) is 5.36. The van der Waals surface area contributed by atoms with Crippen LogP contribution in [0.1, 0.15) is 22.8 Å². The summed E-state index contributed by atoms with van der Waals surface area (Å²) in [6, 6.07) is 8.45. The number of hydrogen-bond acceptors (Lipinski definition) is 2. The molecule has 0 aliphatic carbocycles. The molecule has 0 saturated carbocycles. The smallest absolute Gasteiger partial charge is 0.105 e. The Morgan fingerprint density at radius 3 is 2.50 bits per heavy atom.